The van der Waals surface area contributed by atoms with Crippen LogP contribution in [-0.4, -0.2) is 35.1 Å². The summed E-state index contributed by atoms with van der Waals surface area (Å²) >= 11 is 0. The van der Waals surface area contributed by atoms with Crippen molar-refractivity contribution in [1.82, 2.24) is 15.3 Å². The fourth-order valence-electron chi connectivity index (χ4n) is 2.61. The second-order valence-electron chi connectivity index (χ2n) is 5.09. The van der Waals surface area contributed by atoms with Crippen LogP contribution < -0.4 is 10.2 Å². The highest BCUT2D eigenvalue weighted by Crippen LogP contribution is 2.17. The Morgan fingerprint density at radius 2 is 1.78 bits per heavy atom. The van der Waals surface area contributed by atoms with Crippen LogP contribution in [0.3, 0.4) is 0 Å². The summed E-state index contributed by atoms with van der Waals surface area (Å²) < 4.78 is 0. The minimum absolute atomic E-state index is 0.488. The van der Waals surface area contributed by atoms with E-state index in [1.54, 1.807) is 0 Å². The lowest BCUT2D eigenvalue weighted by Crippen LogP contribution is -2.54. The Labute approximate surface area is 107 Å². The molecule has 0 bridgehead atoms. The maximum Gasteiger partial charge on any atom is 0.147 e. The fourth-order valence-corrected chi connectivity index (χ4v) is 2.61. The summed E-state index contributed by atoms with van der Waals surface area (Å²) in [4.78, 5) is 11.5. The van der Waals surface area contributed by atoms with Gasteiger partial charge in [0.25, 0.3) is 0 Å². The van der Waals surface area contributed by atoms with Crippen molar-refractivity contribution in [1.29, 1.82) is 0 Å². The first-order valence-electron chi connectivity index (χ1n) is 6.45. The number of nitrogens with one attached hydrogen (secondary N) is 1. The van der Waals surface area contributed by atoms with Gasteiger partial charge in [-0.15, -0.1) is 0 Å². The Balaban J connectivity index is 1.93. The molecule has 2 atom stereocenters. The summed E-state index contributed by atoms with van der Waals surface area (Å²) in [6, 6.07) is 8.98. The number of fused-ring (bicyclic) bond motifs is 1. The maximum atomic E-state index is 4.70. The van der Waals surface area contributed by atoms with Gasteiger partial charge in [0.05, 0.1) is 17.2 Å². The van der Waals surface area contributed by atoms with Crippen molar-refractivity contribution in [3.05, 3.63) is 30.5 Å². The van der Waals surface area contributed by atoms with Gasteiger partial charge in [-0.2, -0.15) is 0 Å². The topological polar surface area (TPSA) is 41.1 Å². The number of rotatable bonds is 1. The standard InChI is InChI=1S/C14H18N4/c1-10-8-18(9-11(2)16-10)14-7-15-12-5-3-4-6-13(12)17-14/h3-7,10-11,16H,8-9H2,1-2H3/t10-,11-/m0/s1. The number of hydrogen-bond acceptors (Lipinski definition) is 4. The van der Waals surface area contributed by atoms with Crippen molar-refractivity contribution in [3.8, 4) is 0 Å². The highest BCUT2D eigenvalue weighted by molar-refractivity contribution is 5.75. The lowest BCUT2D eigenvalue weighted by molar-refractivity contribution is 0.405. The zero-order valence-corrected chi connectivity index (χ0v) is 10.8. The first-order valence-corrected chi connectivity index (χ1v) is 6.45. The van der Waals surface area contributed by atoms with E-state index in [0.717, 1.165) is 29.9 Å². The summed E-state index contributed by atoms with van der Waals surface area (Å²) in [6.07, 6.45) is 1.88. The van der Waals surface area contributed by atoms with Gasteiger partial charge in [-0.25, -0.2) is 4.98 Å². The molecular formula is C14H18N4. The molecule has 3 rings (SSSR count). The van der Waals surface area contributed by atoms with E-state index in [0.29, 0.717) is 12.1 Å². The molecule has 0 amide bonds. The molecule has 4 nitrogen and oxygen atoms in total. The van der Waals surface area contributed by atoms with E-state index in [4.69, 9.17) is 4.98 Å². The monoisotopic (exact) mass is 242 g/mol. The molecule has 4 heteroatoms. The second kappa shape index (κ2) is 4.53. The summed E-state index contributed by atoms with van der Waals surface area (Å²) in [5.41, 5.74) is 1.92. The number of hydrogen-bond donors (Lipinski definition) is 1. The molecule has 1 fully saturated rings. The smallest absolute Gasteiger partial charge is 0.147 e. The minimum Gasteiger partial charge on any atom is -0.352 e. The lowest BCUT2D eigenvalue weighted by atomic mass is 10.1. The van der Waals surface area contributed by atoms with Crippen LogP contribution in [0.1, 0.15) is 13.8 Å². The third-order valence-electron chi connectivity index (χ3n) is 3.32. The summed E-state index contributed by atoms with van der Waals surface area (Å²) in [5, 5.41) is 3.53. The zero-order chi connectivity index (χ0) is 12.5. The Morgan fingerprint density at radius 3 is 2.50 bits per heavy atom. The van der Waals surface area contributed by atoms with Crippen LogP contribution in [0.4, 0.5) is 5.82 Å². The van der Waals surface area contributed by atoms with Crippen LogP contribution in [0, 0.1) is 0 Å². The van der Waals surface area contributed by atoms with Gasteiger partial charge < -0.3 is 10.2 Å². The molecule has 2 aromatic rings. The molecule has 1 aliphatic rings. The average Bonchev–Trinajstić information content (AvgIpc) is 2.37. The normalized spacial score (nSPS) is 24.4. The molecule has 0 saturated carbocycles. The molecule has 0 radical (unpaired) electrons. The number of benzene rings is 1. The first kappa shape index (κ1) is 11.4. The van der Waals surface area contributed by atoms with Gasteiger partial charge in [-0.1, -0.05) is 12.1 Å². The fraction of sp³-hybridized carbons (Fsp3) is 0.429. The van der Waals surface area contributed by atoms with Gasteiger partial charge >= 0.3 is 0 Å². The summed E-state index contributed by atoms with van der Waals surface area (Å²) in [7, 11) is 0. The molecule has 18 heavy (non-hydrogen) atoms. The number of aromatic nitrogens is 2. The highest BCUT2D eigenvalue weighted by atomic mass is 15.3. The second-order valence-corrected chi connectivity index (χ2v) is 5.09. The number of para-hydroxylation sites is 2. The van der Waals surface area contributed by atoms with Gasteiger partial charge in [-0.3, -0.25) is 4.98 Å². The van der Waals surface area contributed by atoms with Crippen LogP contribution in [0.5, 0.6) is 0 Å². The van der Waals surface area contributed by atoms with Crippen LogP contribution in [-0.2, 0) is 0 Å². The molecule has 94 valence electrons. The minimum atomic E-state index is 0.488. The van der Waals surface area contributed by atoms with E-state index in [-0.39, 0.29) is 0 Å². The van der Waals surface area contributed by atoms with Crippen LogP contribution in [0.2, 0.25) is 0 Å². The zero-order valence-electron chi connectivity index (χ0n) is 10.8. The predicted molar refractivity (Wildman–Crippen MR) is 73.8 cm³/mol. The molecule has 1 saturated heterocycles. The molecule has 1 aromatic heterocycles. The van der Waals surface area contributed by atoms with E-state index >= 15 is 0 Å². The van der Waals surface area contributed by atoms with Crippen molar-refractivity contribution in [2.75, 3.05) is 18.0 Å². The van der Waals surface area contributed by atoms with Crippen LogP contribution in [0.15, 0.2) is 30.5 Å². The third kappa shape index (κ3) is 2.16. The number of nitrogens with zero attached hydrogens (tertiary/aromatic N) is 3. The summed E-state index contributed by atoms with van der Waals surface area (Å²) in [5.74, 6) is 0.980. The summed E-state index contributed by atoms with van der Waals surface area (Å²) in [6.45, 7) is 6.38. The van der Waals surface area contributed by atoms with Gasteiger partial charge in [0, 0.05) is 25.2 Å². The molecule has 2 heterocycles. The van der Waals surface area contributed by atoms with Crippen LogP contribution >= 0.6 is 0 Å². The van der Waals surface area contributed by atoms with E-state index in [1.165, 1.54) is 0 Å². The predicted octanol–water partition coefficient (Wildman–Crippen LogP) is 1.82. The van der Waals surface area contributed by atoms with E-state index in [1.807, 2.05) is 30.5 Å². The van der Waals surface area contributed by atoms with E-state index < -0.39 is 0 Å². The molecule has 1 N–H and O–H groups in total. The molecule has 0 unspecified atom stereocenters. The Kier molecular flexibility index (Phi) is 2.88. The van der Waals surface area contributed by atoms with Crippen LogP contribution in [0.25, 0.3) is 11.0 Å². The van der Waals surface area contributed by atoms with Crippen molar-refractivity contribution in [2.24, 2.45) is 0 Å². The van der Waals surface area contributed by atoms with Crippen molar-refractivity contribution in [2.45, 2.75) is 25.9 Å². The van der Waals surface area contributed by atoms with Gasteiger partial charge in [0.1, 0.15) is 5.82 Å². The largest absolute Gasteiger partial charge is 0.352 e. The van der Waals surface area contributed by atoms with E-state index in [2.05, 4.69) is 29.0 Å². The average molecular weight is 242 g/mol. The number of anilines is 1. The quantitative estimate of drug-likeness (QED) is 0.828. The Morgan fingerprint density at radius 1 is 1.11 bits per heavy atom. The lowest BCUT2D eigenvalue weighted by Gasteiger charge is -2.36. The SMILES string of the molecule is C[C@H]1CN(c2cnc3ccccc3n2)C[C@H](C)N1. The Hall–Kier alpha value is -1.68. The Bertz CT molecular complexity index is 544. The molecule has 1 aliphatic heterocycles. The van der Waals surface area contributed by atoms with Gasteiger partial charge in [0.15, 0.2) is 0 Å². The molecule has 1 aromatic carbocycles. The van der Waals surface area contributed by atoms with Crippen molar-refractivity contribution >= 4 is 16.9 Å². The van der Waals surface area contributed by atoms with Gasteiger partial charge in [0.2, 0.25) is 0 Å². The van der Waals surface area contributed by atoms with Crippen molar-refractivity contribution in [3.63, 3.8) is 0 Å². The highest BCUT2D eigenvalue weighted by Gasteiger charge is 2.22. The first-order chi connectivity index (χ1) is 8.72. The maximum absolute atomic E-state index is 4.70. The number of piperazine rings is 1. The molecule has 0 aliphatic carbocycles. The molecular weight excluding hydrogens is 224 g/mol. The van der Waals surface area contributed by atoms with E-state index in [9.17, 15) is 0 Å². The van der Waals surface area contributed by atoms with Crippen molar-refractivity contribution < 1.29 is 0 Å². The molecule has 0 spiro atoms. The third-order valence-corrected chi connectivity index (χ3v) is 3.32. The van der Waals surface area contributed by atoms with Gasteiger partial charge in [-0.05, 0) is 26.0 Å².